The second-order valence-corrected chi connectivity index (χ2v) is 6.85. The van der Waals surface area contributed by atoms with Gasteiger partial charge in [0.2, 0.25) is 5.13 Å². The Hall–Kier alpha value is -1.92. The van der Waals surface area contributed by atoms with E-state index in [2.05, 4.69) is 20.4 Å². The molecule has 2 aromatic rings. The number of piperidine rings is 1. The van der Waals surface area contributed by atoms with E-state index in [0.29, 0.717) is 0 Å². The van der Waals surface area contributed by atoms with E-state index in [1.807, 2.05) is 36.6 Å². The Morgan fingerprint density at radius 3 is 3.00 bits per heavy atom. The minimum atomic E-state index is 0.733. The zero-order valence-corrected chi connectivity index (χ0v) is 14.9. The number of benzene rings is 1. The molecule has 128 valence electrons. The van der Waals surface area contributed by atoms with Gasteiger partial charge in [0.25, 0.3) is 0 Å². The van der Waals surface area contributed by atoms with E-state index in [1.54, 1.807) is 17.6 Å². The number of likely N-dealkylation sites (tertiary alicyclic amines) is 1. The summed E-state index contributed by atoms with van der Waals surface area (Å²) in [6.45, 7) is 6.12. The van der Waals surface area contributed by atoms with Gasteiger partial charge in [-0.1, -0.05) is 18.6 Å². The average molecular weight is 344 g/mol. The van der Waals surface area contributed by atoms with E-state index < -0.39 is 0 Å². The first-order chi connectivity index (χ1) is 11.8. The summed E-state index contributed by atoms with van der Waals surface area (Å²) in [5.74, 6) is 0.890. The fourth-order valence-corrected chi connectivity index (χ4v) is 3.36. The topological polar surface area (TPSA) is 49.8 Å². The molecule has 1 aromatic heterocycles. The molecule has 0 unspecified atom stereocenters. The van der Waals surface area contributed by atoms with E-state index in [9.17, 15) is 0 Å². The first-order valence-corrected chi connectivity index (χ1v) is 9.34. The molecule has 0 aliphatic carbocycles. The van der Waals surface area contributed by atoms with Crippen molar-refractivity contribution in [2.75, 3.05) is 31.7 Å². The summed E-state index contributed by atoms with van der Waals surface area (Å²) >= 11 is 1.55. The molecule has 1 aliphatic rings. The lowest BCUT2D eigenvalue weighted by Crippen LogP contribution is -2.33. The maximum atomic E-state index is 5.88. The normalized spacial score (nSPS) is 15.7. The number of ether oxygens (including phenoxy) is 1. The SMILES string of the molecule is Cc1csc(NN=Cc2cccc(OCCN3CCCCC3)c2)n1. The molecule has 3 rings (SSSR count). The van der Waals surface area contributed by atoms with E-state index in [4.69, 9.17) is 4.74 Å². The molecule has 5 nitrogen and oxygen atoms in total. The molecule has 1 aromatic carbocycles. The molecule has 0 amide bonds. The molecule has 1 saturated heterocycles. The van der Waals surface area contributed by atoms with Gasteiger partial charge in [0.15, 0.2) is 0 Å². The highest BCUT2D eigenvalue weighted by molar-refractivity contribution is 7.13. The quantitative estimate of drug-likeness (QED) is 0.614. The van der Waals surface area contributed by atoms with Gasteiger partial charge in [-0.2, -0.15) is 5.10 Å². The van der Waals surface area contributed by atoms with E-state index >= 15 is 0 Å². The Kier molecular flexibility index (Phi) is 6.20. The van der Waals surface area contributed by atoms with Crippen LogP contribution < -0.4 is 10.2 Å². The van der Waals surface area contributed by atoms with E-state index in [0.717, 1.165) is 35.3 Å². The van der Waals surface area contributed by atoms with Gasteiger partial charge in [-0.25, -0.2) is 4.98 Å². The highest BCUT2D eigenvalue weighted by Crippen LogP contribution is 2.15. The highest BCUT2D eigenvalue weighted by atomic mass is 32.1. The molecule has 0 atom stereocenters. The Balaban J connectivity index is 1.46. The zero-order valence-electron chi connectivity index (χ0n) is 14.1. The molecule has 0 radical (unpaired) electrons. The molecule has 1 aliphatic heterocycles. The van der Waals surface area contributed by atoms with Crippen LogP contribution in [0.3, 0.4) is 0 Å². The van der Waals surface area contributed by atoms with Crippen LogP contribution >= 0.6 is 11.3 Å². The Bertz CT molecular complexity index is 665. The van der Waals surface area contributed by atoms with Gasteiger partial charge in [0.1, 0.15) is 12.4 Å². The molecule has 0 saturated carbocycles. The zero-order chi connectivity index (χ0) is 16.6. The Morgan fingerprint density at radius 1 is 1.33 bits per heavy atom. The molecule has 1 N–H and O–H groups in total. The maximum Gasteiger partial charge on any atom is 0.203 e. The summed E-state index contributed by atoms with van der Waals surface area (Å²) in [7, 11) is 0. The highest BCUT2D eigenvalue weighted by Gasteiger charge is 2.09. The molecule has 2 heterocycles. The largest absolute Gasteiger partial charge is 0.492 e. The third-order valence-electron chi connectivity index (χ3n) is 3.98. The second kappa shape index (κ2) is 8.80. The Morgan fingerprint density at radius 2 is 2.21 bits per heavy atom. The minimum absolute atomic E-state index is 0.733. The third kappa shape index (κ3) is 5.32. The third-order valence-corrected chi connectivity index (χ3v) is 4.84. The average Bonchev–Trinajstić information content (AvgIpc) is 3.02. The van der Waals surface area contributed by atoms with Crippen LogP contribution in [0.25, 0.3) is 0 Å². The number of nitrogens with zero attached hydrogens (tertiary/aromatic N) is 3. The Labute approximate surface area is 147 Å². The monoisotopic (exact) mass is 344 g/mol. The van der Waals surface area contributed by atoms with Crippen molar-refractivity contribution in [3.63, 3.8) is 0 Å². The summed E-state index contributed by atoms with van der Waals surface area (Å²) in [5.41, 5.74) is 4.96. The van der Waals surface area contributed by atoms with Crippen LogP contribution in [0, 0.1) is 6.92 Å². The van der Waals surface area contributed by atoms with Crippen molar-refractivity contribution in [1.82, 2.24) is 9.88 Å². The summed E-state index contributed by atoms with van der Waals surface area (Å²) < 4.78 is 5.88. The van der Waals surface area contributed by atoms with Crippen LogP contribution in [0.15, 0.2) is 34.7 Å². The first kappa shape index (κ1) is 16.9. The number of hydrogen-bond donors (Lipinski definition) is 1. The van der Waals surface area contributed by atoms with Crippen LogP contribution in [0.4, 0.5) is 5.13 Å². The van der Waals surface area contributed by atoms with Crippen molar-refractivity contribution in [2.24, 2.45) is 5.10 Å². The number of hydrazone groups is 1. The number of anilines is 1. The van der Waals surface area contributed by atoms with Crippen molar-refractivity contribution >= 4 is 22.7 Å². The predicted octanol–water partition coefficient (Wildman–Crippen LogP) is 3.76. The van der Waals surface area contributed by atoms with Crippen LogP contribution in [-0.2, 0) is 0 Å². The molecule has 0 bridgehead atoms. The van der Waals surface area contributed by atoms with Gasteiger partial charge in [-0.15, -0.1) is 11.3 Å². The van der Waals surface area contributed by atoms with Crippen LogP contribution in [0.1, 0.15) is 30.5 Å². The van der Waals surface area contributed by atoms with Gasteiger partial charge >= 0.3 is 0 Å². The standard InChI is InChI=1S/C18H24N4OS/c1-15-14-24-18(20-15)21-19-13-16-6-5-7-17(12-16)23-11-10-22-8-3-2-4-9-22/h5-7,12-14H,2-4,8-11H2,1H3,(H,20,21). The summed E-state index contributed by atoms with van der Waals surface area (Å²) in [6.07, 6.45) is 5.79. The molecular formula is C18H24N4OS. The van der Waals surface area contributed by atoms with Crippen molar-refractivity contribution in [3.8, 4) is 5.75 Å². The second-order valence-electron chi connectivity index (χ2n) is 5.99. The van der Waals surface area contributed by atoms with Gasteiger partial charge < -0.3 is 4.74 Å². The number of nitrogens with one attached hydrogen (secondary N) is 1. The molecule has 0 spiro atoms. The summed E-state index contributed by atoms with van der Waals surface area (Å²) in [4.78, 5) is 6.79. The number of thiazole rings is 1. The van der Waals surface area contributed by atoms with E-state index in [-0.39, 0.29) is 0 Å². The maximum absolute atomic E-state index is 5.88. The van der Waals surface area contributed by atoms with Crippen molar-refractivity contribution < 1.29 is 4.74 Å². The minimum Gasteiger partial charge on any atom is -0.492 e. The number of rotatable bonds is 7. The fraction of sp³-hybridized carbons (Fsp3) is 0.444. The molecule has 1 fully saturated rings. The first-order valence-electron chi connectivity index (χ1n) is 8.46. The van der Waals surface area contributed by atoms with Crippen LogP contribution in [-0.4, -0.2) is 42.3 Å². The van der Waals surface area contributed by atoms with Crippen molar-refractivity contribution in [2.45, 2.75) is 26.2 Å². The van der Waals surface area contributed by atoms with Gasteiger partial charge in [-0.05, 0) is 50.6 Å². The fourth-order valence-electron chi connectivity index (χ4n) is 2.73. The number of hydrogen-bond acceptors (Lipinski definition) is 6. The van der Waals surface area contributed by atoms with Crippen molar-refractivity contribution in [1.29, 1.82) is 0 Å². The van der Waals surface area contributed by atoms with Gasteiger partial charge in [-0.3, -0.25) is 10.3 Å². The lowest BCUT2D eigenvalue weighted by atomic mass is 10.1. The van der Waals surface area contributed by atoms with Crippen LogP contribution in [0.5, 0.6) is 5.75 Å². The van der Waals surface area contributed by atoms with Crippen molar-refractivity contribution in [3.05, 3.63) is 40.9 Å². The summed E-state index contributed by atoms with van der Waals surface area (Å²) in [5, 5.41) is 7.03. The number of aromatic nitrogens is 1. The predicted molar refractivity (Wildman–Crippen MR) is 100 cm³/mol. The van der Waals surface area contributed by atoms with E-state index in [1.165, 1.54) is 32.4 Å². The lowest BCUT2D eigenvalue weighted by molar-refractivity contribution is 0.183. The molecular weight excluding hydrogens is 320 g/mol. The van der Waals surface area contributed by atoms with Crippen LogP contribution in [0.2, 0.25) is 0 Å². The number of aryl methyl sites for hydroxylation is 1. The lowest BCUT2D eigenvalue weighted by Gasteiger charge is -2.26. The summed E-state index contributed by atoms with van der Waals surface area (Å²) in [6, 6.07) is 8.00. The smallest absolute Gasteiger partial charge is 0.203 e. The van der Waals surface area contributed by atoms with Gasteiger partial charge in [0, 0.05) is 11.9 Å². The molecule has 24 heavy (non-hydrogen) atoms. The van der Waals surface area contributed by atoms with Gasteiger partial charge in [0.05, 0.1) is 11.9 Å². The molecule has 6 heteroatoms.